The van der Waals surface area contributed by atoms with Gasteiger partial charge in [0.15, 0.2) is 5.79 Å². The molecule has 3 rings (SSSR count). The molecule has 1 aromatic rings. The topological polar surface area (TPSA) is 31.6 Å². The van der Waals surface area contributed by atoms with E-state index in [9.17, 15) is 0 Å². The van der Waals surface area contributed by atoms with Gasteiger partial charge in [-0.25, -0.2) is 0 Å². The number of furan rings is 1. The Morgan fingerprint density at radius 1 is 1.24 bits per heavy atom. The van der Waals surface area contributed by atoms with Crippen molar-refractivity contribution >= 4 is 0 Å². The minimum absolute atomic E-state index is 0.230. The van der Waals surface area contributed by atoms with Crippen LogP contribution >= 0.6 is 0 Å². The van der Waals surface area contributed by atoms with E-state index in [1.807, 2.05) is 12.1 Å². The molecule has 0 radical (unpaired) electrons. The summed E-state index contributed by atoms with van der Waals surface area (Å²) in [6.07, 6.45) is 9.87. The number of rotatable bonds is 3. The lowest BCUT2D eigenvalue weighted by Gasteiger charge is -2.31. The first-order valence-electron chi connectivity index (χ1n) is 6.70. The fraction of sp³-hybridized carbons (Fsp3) is 0.714. The van der Waals surface area contributed by atoms with Crippen LogP contribution in [-0.2, 0) is 15.9 Å². The first kappa shape index (κ1) is 11.3. The van der Waals surface area contributed by atoms with E-state index in [2.05, 4.69) is 0 Å². The quantitative estimate of drug-likeness (QED) is 0.807. The van der Waals surface area contributed by atoms with Gasteiger partial charge in [-0.05, 0) is 31.4 Å². The Morgan fingerprint density at radius 3 is 2.88 bits per heavy atom. The van der Waals surface area contributed by atoms with Crippen molar-refractivity contribution in [1.82, 2.24) is 0 Å². The largest absolute Gasteiger partial charge is 0.469 e. The maximum atomic E-state index is 6.12. The van der Waals surface area contributed by atoms with Crippen molar-refractivity contribution in [1.29, 1.82) is 0 Å². The Hall–Kier alpha value is -0.800. The maximum absolute atomic E-state index is 6.12. The van der Waals surface area contributed by atoms with Crippen molar-refractivity contribution in [2.75, 3.05) is 6.61 Å². The Kier molecular flexibility index (Phi) is 3.21. The van der Waals surface area contributed by atoms with E-state index in [0.717, 1.165) is 38.1 Å². The molecule has 1 saturated heterocycles. The third-order valence-electron chi connectivity index (χ3n) is 3.82. The van der Waals surface area contributed by atoms with Crippen LogP contribution in [-0.4, -0.2) is 18.5 Å². The van der Waals surface area contributed by atoms with Crippen LogP contribution in [0.1, 0.15) is 44.3 Å². The first-order chi connectivity index (χ1) is 8.36. The molecule has 1 aliphatic heterocycles. The molecule has 1 spiro atoms. The smallest absolute Gasteiger partial charge is 0.168 e. The molecule has 17 heavy (non-hydrogen) atoms. The SMILES string of the molecule is c1coc(CCC2COC3(CCCCC3)O2)c1. The van der Waals surface area contributed by atoms with Gasteiger partial charge < -0.3 is 13.9 Å². The van der Waals surface area contributed by atoms with Gasteiger partial charge in [-0.2, -0.15) is 0 Å². The highest BCUT2D eigenvalue weighted by atomic mass is 16.7. The van der Waals surface area contributed by atoms with Crippen LogP contribution in [0.25, 0.3) is 0 Å². The van der Waals surface area contributed by atoms with Crippen LogP contribution in [0.5, 0.6) is 0 Å². The molecule has 0 bridgehead atoms. The molecule has 0 aromatic carbocycles. The highest BCUT2D eigenvalue weighted by molar-refractivity contribution is 4.98. The molecular formula is C14H20O3. The lowest BCUT2D eigenvalue weighted by Crippen LogP contribution is -2.33. The standard InChI is InChI=1S/C14H20O3/c1-2-8-14(9-3-1)16-11-13(17-14)7-6-12-5-4-10-15-12/h4-5,10,13H,1-3,6-9,11H2. The summed E-state index contributed by atoms with van der Waals surface area (Å²) in [5.41, 5.74) is 0. The Bertz CT molecular complexity index is 338. The maximum Gasteiger partial charge on any atom is 0.168 e. The molecule has 0 N–H and O–H groups in total. The second kappa shape index (κ2) is 4.83. The van der Waals surface area contributed by atoms with Gasteiger partial charge in [0.2, 0.25) is 0 Å². The van der Waals surface area contributed by atoms with Crippen LogP contribution < -0.4 is 0 Å². The fourth-order valence-corrected chi connectivity index (χ4v) is 2.87. The molecule has 2 heterocycles. The van der Waals surface area contributed by atoms with Crippen LogP contribution in [0.4, 0.5) is 0 Å². The van der Waals surface area contributed by atoms with Gasteiger partial charge in [-0.15, -0.1) is 0 Å². The fourth-order valence-electron chi connectivity index (χ4n) is 2.87. The van der Waals surface area contributed by atoms with Gasteiger partial charge in [0.05, 0.1) is 19.0 Å². The second-order valence-corrected chi connectivity index (χ2v) is 5.14. The van der Waals surface area contributed by atoms with Gasteiger partial charge >= 0.3 is 0 Å². The minimum Gasteiger partial charge on any atom is -0.469 e. The van der Waals surface area contributed by atoms with Crippen molar-refractivity contribution in [2.45, 2.75) is 56.8 Å². The summed E-state index contributed by atoms with van der Waals surface area (Å²) in [5.74, 6) is 0.810. The molecular weight excluding hydrogens is 216 g/mol. The van der Waals surface area contributed by atoms with Crippen molar-refractivity contribution in [3.05, 3.63) is 24.2 Å². The molecule has 3 heteroatoms. The molecule has 1 aliphatic carbocycles. The van der Waals surface area contributed by atoms with E-state index in [-0.39, 0.29) is 11.9 Å². The van der Waals surface area contributed by atoms with E-state index in [1.165, 1.54) is 19.3 Å². The number of ether oxygens (including phenoxy) is 2. The second-order valence-electron chi connectivity index (χ2n) is 5.14. The predicted octanol–water partition coefficient (Wildman–Crippen LogP) is 3.29. The highest BCUT2D eigenvalue weighted by Gasteiger charge is 2.41. The molecule has 0 amide bonds. The van der Waals surface area contributed by atoms with Crippen LogP contribution in [0.2, 0.25) is 0 Å². The Morgan fingerprint density at radius 2 is 2.12 bits per heavy atom. The van der Waals surface area contributed by atoms with Gasteiger partial charge in [0.25, 0.3) is 0 Å². The Labute approximate surface area is 102 Å². The Balaban J connectivity index is 1.50. The van der Waals surface area contributed by atoms with Crippen molar-refractivity contribution < 1.29 is 13.9 Å². The highest BCUT2D eigenvalue weighted by Crippen LogP contribution is 2.38. The van der Waals surface area contributed by atoms with E-state index in [0.29, 0.717) is 0 Å². The molecule has 1 atom stereocenters. The summed E-state index contributed by atoms with van der Waals surface area (Å²) in [6, 6.07) is 3.95. The molecule has 2 aliphatic rings. The summed E-state index contributed by atoms with van der Waals surface area (Å²) >= 11 is 0. The summed E-state index contributed by atoms with van der Waals surface area (Å²) in [4.78, 5) is 0. The first-order valence-corrected chi connectivity index (χ1v) is 6.70. The van der Waals surface area contributed by atoms with Crippen LogP contribution in [0.15, 0.2) is 22.8 Å². The zero-order chi connectivity index (χ0) is 11.6. The van der Waals surface area contributed by atoms with Gasteiger partial charge in [-0.1, -0.05) is 6.42 Å². The molecule has 94 valence electrons. The van der Waals surface area contributed by atoms with Crippen LogP contribution in [0.3, 0.4) is 0 Å². The van der Waals surface area contributed by atoms with Crippen molar-refractivity contribution in [2.24, 2.45) is 0 Å². The summed E-state index contributed by atoms with van der Waals surface area (Å²) < 4.78 is 17.4. The van der Waals surface area contributed by atoms with Gasteiger partial charge in [0.1, 0.15) is 5.76 Å². The number of hydrogen-bond donors (Lipinski definition) is 0. The van der Waals surface area contributed by atoms with Crippen molar-refractivity contribution in [3.63, 3.8) is 0 Å². The lowest BCUT2D eigenvalue weighted by molar-refractivity contribution is -0.187. The zero-order valence-electron chi connectivity index (χ0n) is 10.2. The van der Waals surface area contributed by atoms with Crippen molar-refractivity contribution in [3.8, 4) is 0 Å². The monoisotopic (exact) mass is 236 g/mol. The average Bonchev–Trinajstić information content (AvgIpc) is 2.98. The minimum atomic E-state index is -0.230. The van der Waals surface area contributed by atoms with E-state index < -0.39 is 0 Å². The summed E-state index contributed by atoms with van der Waals surface area (Å²) in [6.45, 7) is 0.751. The summed E-state index contributed by atoms with van der Waals surface area (Å²) in [7, 11) is 0. The van der Waals surface area contributed by atoms with Gasteiger partial charge in [-0.3, -0.25) is 0 Å². The molecule has 2 fully saturated rings. The molecule has 1 aromatic heterocycles. The van der Waals surface area contributed by atoms with E-state index in [1.54, 1.807) is 6.26 Å². The third kappa shape index (κ3) is 2.55. The van der Waals surface area contributed by atoms with Gasteiger partial charge in [0, 0.05) is 19.3 Å². The van der Waals surface area contributed by atoms with E-state index >= 15 is 0 Å². The third-order valence-corrected chi connectivity index (χ3v) is 3.82. The lowest BCUT2D eigenvalue weighted by atomic mass is 9.94. The van der Waals surface area contributed by atoms with E-state index in [4.69, 9.17) is 13.9 Å². The summed E-state index contributed by atoms with van der Waals surface area (Å²) in [5, 5.41) is 0. The number of hydrogen-bond acceptors (Lipinski definition) is 3. The number of aryl methyl sites for hydroxylation is 1. The molecule has 3 nitrogen and oxygen atoms in total. The molecule has 1 unspecified atom stereocenters. The normalized spacial score (nSPS) is 27.6. The average molecular weight is 236 g/mol. The molecule has 1 saturated carbocycles. The zero-order valence-corrected chi connectivity index (χ0v) is 10.2. The van der Waals surface area contributed by atoms with Crippen LogP contribution in [0, 0.1) is 0 Å². The predicted molar refractivity (Wildman–Crippen MR) is 63.7 cm³/mol.